The van der Waals surface area contributed by atoms with Crippen LogP contribution in [0, 0.1) is 11.8 Å². The van der Waals surface area contributed by atoms with Crippen LogP contribution in [0.4, 0.5) is 0 Å². The van der Waals surface area contributed by atoms with Crippen LogP contribution in [-0.2, 0) is 4.79 Å². The van der Waals surface area contributed by atoms with Crippen LogP contribution in [0.1, 0.15) is 19.8 Å². The molecule has 4 heteroatoms. The van der Waals surface area contributed by atoms with Gasteiger partial charge >= 0.3 is 0 Å². The summed E-state index contributed by atoms with van der Waals surface area (Å²) in [5, 5.41) is 3.18. The Morgan fingerprint density at radius 2 is 2.24 bits per heavy atom. The van der Waals surface area contributed by atoms with E-state index in [1.165, 1.54) is 0 Å². The Morgan fingerprint density at radius 3 is 2.82 bits per heavy atom. The van der Waals surface area contributed by atoms with Gasteiger partial charge in [0.1, 0.15) is 0 Å². The van der Waals surface area contributed by atoms with E-state index >= 15 is 0 Å². The lowest BCUT2D eigenvalue weighted by atomic mass is 9.93. The number of hydrogen-bond donors (Lipinski definition) is 2. The number of hydrogen-bond acceptors (Lipinski definition) is 3. The average Bonchev–Trinajstić information content (AvgIpc) is 2.69. The number of piperidine rings is 1. The third kappa shape index (κ3) is 3.07. The third-order valence-corrected chi connectivity index (χ3v) is 3.89. The van der Waals surface area contributed by atoms with E-state index in [2.05, 4.69) is 24.2 Å². The fraction of sp³-hybridized carbons (Fsp3) is 0.769. The minimum absolute atomic E-state index is 0.0168. The lowest BCUT2D eigenvalue weighted by molar-refractivity contribution is -0.125. The number of carbonyl (C=O) groups is 1. The molecule has 0 saturated carbocycles. The van der Waals surface area contributed by atoms with Crippen LogP contribution in [0.15, 0.2) is 12.2 Å². The van der Waals surface area contributed by atoms with Crippen LogP contribution >= 0.6 is 0 Å². The van der Waals surface area contributed by atoms with E-state index in [1.807, 2.05) is 12.2 Å². The number of carbonyl (C=O) groups excluding carboxylic acids is 1. The molecule has 1 amide bonds. The van der Waals surface area contributed by atoms with Crippen molar-refractivity contribution in [2.45, 2.75) is 31.8 Å². The van der Waals surface area contributed by atoms with E-state index in [0.717, 1.165) is 25.9 Å². The molecule has 4 nitrogen and oxygen atoms in total. The van der Waals surface area contributed by atoms with Gasteiger partial charge in [0.15, 0.2) is 0 Å². The molecule has 0 aromatic heterocycles. The second-order valence-electron chi connectivity index (χ2n) is 5.53. The molecule has 1 heterocycles. The zero-order chi connectivity index (χ0) is 12.4. The minimum atomic E-state index is -0.0168. The average molecular weight is 237 g/mol. The fourth-order valence-corrected chi connectivity index (χ4v) is 2.78. The molecule has 0 aromatic carbocycles. The molecule has 4 unspecified atom stereocenters. The first-order chi connectivity index (χ1) is 8.06. The van der Waals surface area contributed by atoms with Crippen molar-refractivity contribution < 1.29 is 4.79 Å². The quantitative estimate of drug-likeness (QED) is 0.681. The molecule has 0 radical (unpaired) electrons. The van der Waals surface area contributed by atoms with E-state index in [-0.39, 0.29) is 17.9 Å². The molecule has 1 fully saturated rings. The Hall–Kier alpha value is -0.870. The molecule has 1 aliphatic carbocycles. The smallest absolute Gasteiger partial charge is 0.227 e. The van der Waals surface area contributed by atoms with Crippen LogP contribution in [0.5, 0.6) is 0 Å². The highest BCUT2D eigenvalue weighted by atomic mass is 16.1. The summed E-state index contributed by atoms with van der Waals surface area (Å²) in [6.07, 6.45) is 5.68. The van der Waals surface area contributed by atoms with Crippen molar-refractivity contribution in [2.24, 2.45) is 17.6 Å². The van der Waals surface area contributed by atoms with Gasteiger partial charge in [0.25, 0.3) is 0 Å². The van der Waals surface area contributed by atoms with Crippen molar-refractivity contribution in [3.63, 3.8) is 0 Å². The molecule has 3 N–H and O–H groups in total. The van der Waals surface area contributed by atoms with Gasteiger partial charge in [0.05, 0.1) is 5.92 Å². The zero-order valence-corrected chi connectivity index (χ0v) is 10.7. The van der Waals surface area contributed by atoms with E-state index in [4.69, 9.17) is 5.73 Å². The van der Waals surface area contributed by atoms with E-state index < -0.39 is 0 Å². The topological polar surface area (TPSA) is 58.4 Å². The van der Waals surface area contributed by atoms with Crippen molar-refractivity contribution in [3.8, 4) is 0 Å². The Labute approximate surface area is 103 Å². The van der Waals surface area contributed by atoms with Crippen molar-refractivity contribution >= 4 is 5.91 Å². The fourth-order valence-electron chi connectivity index (χ4n) is 2.78. The zero-order valence-electron chi connectivity index (χ0n) is 10.7. The van der Waals surface area contributed by atoms with Gasteiger partial charge in [-0.25, -0.2) is 0 Å². The van der Waals surface area contributed by atoms with Crippen molar-refractivity contribution in [2.75, 3.05) is 20.1 Å². The molecular weight excluding hydrogens is 214 g/mol. The maximum absolute atomic E-state index is 12.1. The second-order valence-corrected chi connectivity index (χ2v) is 5.53. The minimum Gasteiger partial charge on any atom is -0.352 e. The lowest BCUT2D eigenvalue weighted by Gasteiger charge is -2.35. The highest BCUT2D eigenvalue weighted by Gasteiger charge is 2.29. The predicted molar refractivity (Wildman–Crippen MR) is 68.4 cm³/mol. The molecule has 96 valence electrons. The van der Waals surface area contributed by atoms with E-state index in [9.17, 15) is 4.79 Å². The highest BCUT2D eigenvalue weighted by Crippen LogP contribution is 2.19. The van der Waals surface area contributed by atoms with Crippen molar-refractivity contribution in [3.05, 3.63) is 12.2 Å². The predicted octanol–water partition coefficient (Wildman–Crippen LogP) is 0.346. The van der Waals surface area contributed by atoms with E-state index in [0.29, 0.717) is 12.0 Å². The summed E-state index contributed by atoms with van der Waals surface area (Å²) in [7, 11) is 2.13. The standard InChI is InChI=1S/C13H23N3O/c1-9-8-16(2)6-5-12(9)15-13(17)10-3-4-11(14)7-10/h3-4,9-12H,5-8,14H2,1-2H3,(H,15,17). The van der Waals surface area contributed by atoms with Gasteiger partial charge in [-0.3, -0.25) is 4.79 Å². The first kappa shape index (κ1) is 12.6. The molecular formula is C13H23N3O. The van der Waals surface area contributed by atoms with Gasteiger partial charge in [-0.15, -0.1) is 0 Å². The third-order valence-electron chi connectivity index (χ3n) is 3.89. The number of likely N-dealkylation sites (tertiary alicyclic amines) is 1. The molecule has 0 bridgehead atoms. The van der Waals surface area contributed by atoms with Gasteiger partial charge in [0, 0.05) is 18.6 Å². The molecule has 2 rings (SSSR count). The number of amides is 1. The maximum atomic E-state index is 12.1. The Balaban J connectivity index is 1.84. The SMILES string of the molecule is CC1CN(C)CCC1NC(=O)C1C=CC(N)C1. The summed E-state index contributed by atoms with van der Waals surface area (Å²) in [6, 6.07) is 0.379. The van der Waals surface area contributed by atoms with Crippen LogP contribution in [0.25, 0.3) is 0 Å². The molecule has 17 heavy (non-hydrogen) atoms. The van der Waals surface area contributed by atoms with Gasteiger partial charge in [-0.05, 0) is 32.4 Å². The molecule has 2 aliphatic rings. The molecule has 1 aliphatic heterocycles. The van der Waals surface area contributed by atoms with Gasteiger partial charge in [-0.2, -0.15) is 0 Å². The second kappa shape index (κ2) is 5.19. The summed E-state index contributed by atoms with van der Waals surface area (Å²) >= 11 is 0. The van der Waals surface area contributed by atoms with E-state index in [1.54, 1.807) is 0 Å². The molecule has 4 atom stereocenters. The van der Waals surface area contributed by atoms with Crippen LogP contribution in [0.3, 0.4) is 0 Å². The summed E-state index contributed by atoms with van der Waals surface area (Å²) in [4.78, 5) is 14.4. The number of nitrogens with one attached hydrogen (secondary N) is 1. The molecule has 0 spiro atoms. The number of nitrogens with two attached hydrogens (primary N) is 1. The Bertz CT molecular complexity index is 316. The summed E-state index contributed by atoms with van der Waals surface area (Å²) in [6.45, 7) is 4.33. The summed E-state index contributed by atoms with van der Waals surface area (Å²) < 4.78 is 0. The maximum Gasteiger partial charge on any atom is 0.227 e. The number of nitrogens with zero attached hydrogens (tertiary/aromatic N) is 1. The monoisotopic (exact) mass is 237 g/mol. The Morgan fingerprint density at radius 1 is 1.47 bits per heavy atom. The van der Waals surface area contributed by atoms with Crippen LogP contribution < -0.4 is 11.1 Å². The van der Waals surface area contributed by atoms with Crippen LogP contribution in [0.2, 0.25) is 0 Å². The first-order valence-corrected chi connectivity index (χ1v) is 6.49. The van der Waals surface area contributed by atoms with Gasteiger partial charge < -0.3 is 16.0 Å². The largest absolute Gasteiger partial charge is 0.352 e. The summed E-state index contributed by atoms with van der Waals surface area (Å²) in [5.41, 5.74) is 5.77. The lowest BCUT2D eigenvalue weighted by Crippen LogP contribution is -2.50. The van der Waals surface area contributed by atoms with Crippen molar-refractivity contribution in [1.82, 2.24) is 10.2 Å². The summed E-state index contributed by atoms with van der Waals surface area (Å²) in [5.74, 6) is 0.657. The number of rotatable bonds is 2. The molecule has 1 saturated heterocycles. The van der Waals surface area contributed by atoms with Gasteiger partial charge in [0.2, 0.25) is 5.91 Å². The van der Waals surface area contributed by atoms with Gasteiger partial charge in [-0.1, -0.05) is 19.1 Å². The van der Waals surface area contributed by atoms with Crippen LogP contribution in [-0.4, -0.2) is 43.0 Å². The van der Waals surface area contributed by atoms with Crippen molar-refractivity contribution in [1.29, 1.82) is 0 Å². The Kier molecular flexibility index (Phi) is 3.84. The molecule has 0 aromatic rings. The normalized spacial score (nSPS) is 38.3. The highest BCUT2D eigenvalue weighted by molar-refractivity contribution is 5.81. The first-order valence-electron chi connectivity index (χ1n) is 6.49.